The molecule has 2 atom stereocenters. The van der Waals surface area contributed by atoms with Gasteiger partial charge in [-0.3, -0.25) is 10.0 Å². The normalized spacial score (nSPS) is 22.5. The first-order valence-corrected chi connectivity index (χ1v) is 10.2. The standard InChI is InChI=1S/C19H22N2O6S/c1-27-16-5-3-2-4-15(16)13-6-8-14(9-7-13)28(25,26)17-10-11-20-12-19(17,23)18(22)21-24/h2-9,17,20,23-24H,10-12H2,1H3,(H,21,22). The molecule has 2 aromatic carbocycles. The maximum Gasteiger partial charge on any atom is 0.277 e. The van der Waals surface area contributed by atoms with Crippen LogP contribution in [0.1, 0.15) is 6.42 Å². The number of piperidine rings is 1. The maximum atomic E-state index is 13.1. The lowest BCUT2D eigenvalue weighted by molar-refractivity contribution is -0.149. The van der Waals surface area contributed by atoms with Crippen LogP contribution in [-0.2, 0) is 14.6 Å². The number of sulfone groups is 1. The van der Waals surface area contributed by atoms with E-state index in [1.165, 1.54) is 17.6 Å². The molecule has 2 aromatic rings. The van der Waals surface area contributed by atoms with Gasteiger partial charge in [0, 0.05) is 12.1 Å². The molecule has 8 nitrogen and oxygen atoms in total. The Bertz CT molecular complexity index is 961. The third-order valence-electron chi connectivity index (χ3n) is 4.98. The highest BCUT2D eigenvalue weighted by Crippen LogP contribution is 2.33. The number of hydroxylamine groups is 1. The van der Waals surface area contributed by atoms with Crippen LogP contribution < -0.4 is 15.5 Å². The number of carbonyl (C=O) groups excluding carboxylic acids is 1. The van der Waals surface area contributed by atoms with Crippen molar-refractivity contribution < 1.29 is 28.3 Å². The molecule has 1 heterocycles. The molecular formula is C19H22N2O6S. The summed E-state index contributed by atoms with van der Waals surface area (Å²) >= 11 is 0. The zero-order valence-corrected chi connectivity index (χ0v) is 16.1. The average molecular weight is 406 g/mol. The molecule has 150 valence electrons. The summed E-state index contributed by atoms with van der Waals surface area (Å²) in [6, 6.07) is 13.5. The van der Waals surface area contributed by atoms with E-state index in [1.807, 2.05) is 24.3 Å². The van der Waals surface area contributed by atoms with Crippen LogP contribution in [0.15, 0.2) is 53.4 Å². The number of carbonyl (C=O) groups is 1. The van der Waals surface area contributed by atoms with Crippen LogP contribution >= 0.6 is 0 Å². The van der Waals surface area contributed by atoms with Crippen LogP contribution in [0.3, 0.4) is 0 Å². The summed E-state index contributed by atoms with van der Waals surface area (Å²) in [6.07, 6.45) is 0.0283. The Kier molecular flexibility index (Phi) is 5.71. The van der Waals surface area contributed by atoms with Gasteiger partial charge in [-0.1, -0.05) is 30.3 Å². The largest absolute Gasteiger partial charge is 0.496 e. The van der Waals surface area contributed by atoms with E-state index in [-0.39, 0.29) is 17.9 Å². The smallest absolute Gasteiger partial charge is 0.277 e. The Labute approximate surface area is 163 Å². The Morgan fingerprint density at radius 2 is 1.89 bits per heavy atom. The van der Waals surface area contributed by atoms with Crippen molar-refractivity contribution in [2.75, 3.05) is 20.2 Å². The number of nitrogens with one attached hydrogen (secondary N) is 2. The van der Waals surface area contributed by atoms with Crippen molar-refractivity contribution in [2.24, 2.45) is 0 Å². The number of aliphatic hydroxyl groups is 1. The van der Waals surface area contributed by atoms with Crippen LogP contribution in [0.5, 0.6) is 5.75 Å². The van der Waals surface area contributed by atoms with Crippen molar-refractivity contribution in [3.8, 4) is 16.9 Å². The molecule has 2 unspecified atom stereocenters. The number of amides is 1. The minimum Gasteiger partial charge on any atom is -0.496 e. The molecule has 1 amide bonds. The van der Waals surface area contributed by atoms with Gasteiger partial charge in [-0.05, 0) is 36.7 Å². The summed E-state index contributed by atoms with van der Waals surface area (Å²) in [5.41, 5.74) is 0.675. The van der Waals surface area contributed by atoms with E-state index < -0.39 is 26.6 Å². The van der Waals surface area contributed by atoms with Crippen LogP contribution in [0.2, 0.25) is 0 Å². The first-order chi connectivity index (χ1) is 13.3. The first kappa shape index (κ1) is 20.3. The van der Waals surface area contributed by atoms with Gasteiger partial charge in [0.1, 0.15) is 11.0 Å². The summed E-state index contributed by atoms with van der Waals surface area (Å²) in [4.78, 5) is 11.9. The van der Waals surface area contributed by atoms with E-state index in [1.54, 1.807) is 19.2 Å². The molecule has 9 heteroatoms. The molecule has 0 aromatic heterocycles. The molecule has 0 radical (unpaired) electrons. The van der Waals surface area contributed by atoms with Gasteiger partial charge >= 0.3 is 0 Å². The molecule has 1 aliphatic heterocycles. The predicted molar refractivity (Wildman–Crippen MR) is 102 cm³/mol. The lowest BCUT2D eigenvalue weighted by atomic mass is 9.93. The fraction of sp³-hybridized carbons (Fsp3) is 0.316. The lowest BCUT2D eigenvalue weighted by Gasteiger charge is -2.37. The number of methoxy groups -OCH3 is 1. The lowest BCUT2D eigenvalue weighted by Crippen LogP contribution is -2.65. The van der Waals surface area contributed by atoms with E-state index in [4.69, 9.17) is 9.94 Å². The van der Waals surface area contributed by atoms with E-state index in [9.17, 15) is 18.3 Å². The summed E-state index contributed by atoms with van der Waals surface area (Å²) < 4.78 is 31.6. The molecule has 0 saturated carbocycles. The number of ether oxygens (including phenoxy) is 1. The topological polar surface area (TPSA) is 125 Å². The molecule has 28 heavy (non-hydrogen) atoms. The summed E-state index contributed by atoms with van der Waals surface area (Å²) in [5.74, 6) is -0.496. The summed E-state index contributed by atoms with van der Waals surface area (Å²) in [5, 5.41) is 21.0. The fourth-order valence-electron chi connectivity index (χ4n) is 3.47. The zero-order valence-electron chi connectivity index (χ0n) is 15.3. The highest BCUT2D eigenvalue weighted by atomic mass is 32.2. The molecular weight excluding hydrogens is 384 g/mol. The molecule has 0 spiro atoms. The van der Waals surface area contributed by atoms with Crippen LogP contribution in [0, 0.1) is 0 Å². The van der Waals surface area contributed by atoms with Gasteiger partial charge in [0.05, 0.1) is 12.0 Å². The summed E-state index contributed by atoms with van der Waals surface area (Å²) in [6.45, 7) is 0.0484. The molecule has 0 aliphatic carbocycles. The van der Waals surface area contributed by atoms with Crippen molar-refractivity contribution in [3.63, 3.8) is 0 Å². The molecule has 3 rings (SSSR count). The highest BCUT2D eigenvalue weighted by Gasteiger charge is 2.52. The predicted octanol–water partition coefficient (Wildman–Crippen LogP) is 0.734. The quantitative estimate of drug-likeness (QED) is 0.426. The highest BCUT2D eigenvalue weighted by molar-refractivity contribution is 7.92. The Hall–Kier alpha value is -2.46. The second-order valence-electron chi connectivity index (χ2n) is 6.59. The van der Waals surface area contributed by atoms with Crippen molar-refractivity contribution in [1.82, 2.24) is 10.8 Å². The summed E-state index contributed by atoms with van der Waals surface area (Å²) in [7, 11) is -2.48. The van der Waals surface area contributed by atoms with Gasteiger partial charge in [-0.2, -0.15) is 0 Å². The number of hydrogen-bond donors (Lipinski definition) is 4. The van der Waals surface area contributed by atoms with Crippen LogP contribution in [0.4, 0.5) is 0 Å². The minimum absolute atomic E-state index is 0.0118. The SMILES string of the molecule is COc1ccccc1-c1ccc(S(=O)(=O)C2CCNCC2(O)C(=O)NO)cc1. The Morgan fingerprint density at radius 1 is 1.21 bits per heavy atom. The van der Waals surface area contributed by atoms with E-state index in [0.29, 0.717) is 12.3 Å². The van der Waals surface area contributed by atoms with Gasteiger partial charge in [0.15, 0.2) is 15.4 Å². The second-order valence-corrected chi connectivity index (χ2v) is 8.72. The van der Waals surface area contributed by atoms with Gasteiger partial charge in [-0.25, -0.2) is 13.9 Å². The van der Waals surface area contributed by atoms with Crippen molar-refractivity contribution in [1.29, 1.82) is 0 Å². The Balaban J connectivity index is 1.97. The second kappa shape index (κ2) is 7.88. The molecule has 1 fully saturated rings. The molecule has 1 aliphatic rings. The number of β-amino-alcohol motifs (C(OH)–C–C–N with tert-alkyl or cyclic N) is 1. The number of rotatable bonds is 5. The molecule has 4 N–H and O–H groups in total. The maximum absolute atomic E-state index is 13.1. The van der Waals surface area contributed by atoms with Crippen LogP contribution in [-0.4, -0.2) is 55.7 Å². The number of para-hydroxylation sites is 1. The van der Waals surface area contributed by atoms with E-state index in [0.717, 1.165) is 11.1 Å². The Morgan fingerprint density at radius 3 is 2.54 bits per heavy atom. The first-order valence-electron chi connectivity index (χ1n) is 8.69. The third-order valence-corrected chi connectivity index (χ3v) is 7.28. The van der Waals surface area contributed by atoms with Crippen molar-refractivity contribution >= 4 is 15.7 Å². The molecule has 0 bridgehead atoms. The van der Waals surface area contributed by atoms with E-state index >= 15 is 0 Å². The average Bonchev–Trinajstić information content (AvgIpc) is 2.73. The van der Waals surface area contributed by atoms with Gasteiger partial charge in [0.2, 0.25) is 0 Å². The monoisotopic (exact) mass is 406 g/mol. The van der Waals surface area contributed by atoms with Gasteiger partial charge in [-0.15, -0.1) is 0 Å². The third kappa shape index (κ3) is 3.49. The van der Waals surface area contributed by atoms with Gasteiger partial charge < -0.3 is 15.2 Å². The van der Waals surface area contributed by atoms with Crippen LogP contribution in [0.25, 0.3) is 11.1 Å². The zero-order chi connectivity index (χ0) is 20.4. The number of hydrogen-bond acceptors (Lipinski definition) is 7. The van der Waals surface area contributed by atoms with Gasteiger partial charge in [0.25, 0.3) is 5.91 Å². The van der Waals surface area contributed by atoms with E-state index in [2.05, 4.69) is 5.32 Å². The van der Waals surface area contributed by atoms with Crippen molar-refractivity contribution in [2.45, 2.75) is 22.2 Å². The fourth-order valence-corrected chi connectivity index (χ4v) is 5.45. The minimum atomic E-state index is -4.03. The number of benzene rings is 2. The van der Waals surface area contributed by atoms with Crippen molar-refractivity contribution in [3.05, 3.63) is 48.5 Å². The molecule has 1 saturated heterocycles.